The quantitative estimate of drug-likeness (QED) is 0.783. The highest BCUT2D eigenvalue weighted by Gasteiger charge is 2.13. The van der Waals surface area contributed by atoms with Crippen LogP contribution in [0.15, 0.2) is 45.9 Å². The van der Waals surface area contributed by atoms with Crippen molar-refractivity contribution in [2.24, 2.45) is 0 Å². The summed E-state index contributed by atoms with van der Waals surface area (Å²) in [5, 5.41) is 3.48. The Labute approximate surface area is 98.5 Å². The van der Waals surface area contributed by atoms with E-state index in [9.17, 15) is 8.42 Å². The largest absolute Gasteiger partial charge is 0.399 e. The van der Waals surface area contributed by atoms with Gasteiger partial charge in [-0.3, -0.25) is 0 Å². The molecule has 1 aromatic carbocycles. The Bertz CT molecular complexity index is 576. The van der Waals surface area contributed by atoms with Gasteiger partial charge in [-0.1, -0.05) is 5.16 Å². The van der Waals surface area contributed by atoms with Crippen molar-refractivity contribution in [1.82, 2.24) is 9.88 Å². The summed E-state index contributed by atoms with van der Waals surface area (Å²) in [4.78, 5) is 0.159. The standard InChI is InChI=1S/C10H11N3O3S/c11-8-1-3-10(4-2-8)17(14,15)13-7-9-5-6-12-16-9/h1-6,13H,7,11H2. The third kappa shape index (κ3) is 2.83. The number of hydrogen-bond donors (Lipinski definition) is 2. The maximum atomic E-state index is 11.8. The van der Waals surface area contributed by atoms with E-state index in [2.05, 4.69) is 9.88 Å². The Hall–Kier alpha value is -1.86. The van der Waals surface area contributed by atoms with E-state index in [-0.39, 0.29) is 11.4 Å². The van der Waals surface area contributed by atoms with Crippen LogP contribution in [-0.4, -0.2) is 13.6 Å². The lowest BCUT2D eigenvalue weighted by atomic mass is 10.3. The summed E-state index contributed by atoms with van der Waals surface area (Å²) in [6.07, 6.45) is 1.45. The summed E-state index contributed by atoms with van der Waals surface area (Å²) in [6, 6.07) is 7.54. The summed E-state index contributed by atoms with van der Waals surface area (Å²) < 4.78 is 30.8. The van der Waals surface area contributed by atoms with Crippen molar-refractivity contribution in [3.8, 4) is 0 Å². The van der Waals surface area contributed by atoms with Gasteiger partial charge in [0, 0.05) is 11.8 Å². The van der Waals surface area contributed by atoms with E-state index in [0.29, 0.717) is 11.4 Å². The van der Waals surface area contributed by atoms with Crippen molar-refractivity contribution < 1.29 is 12.9 Å². The molecule has 0 amide bonds. The normalized spacial score (nSPS) is 11.5. The van der Waals surface area contributed by atoms with Gasteiger partial charge in [-0.25, -0.2) is 13.1 Å². The Kier molecular flexibility index (Phi) is 3.12. The zero-order chi connectivity index (χ0) is 12.3. The summed E-state index contributed by atoms with van der Waals surface area (Å²) >= 11 is 0. The van der Waals surface area contributed by atoms with Crippen LogP contribution in [0.5, 0.6) is 0 Å². The van der Waals surface area contributed by atoms with Gasteiger partial charge in [0.25, 0.3) is 0 Å². The van der Waals surface area contributed by atoms with Crippen LogP contribution in [0, 0.1) is 0 Å². The van der Waals surface area contributed by atoms with Gasteiger partial charge in [0.05, 0.1) is 17.6 Å². The molecule has 2 rings (SSSR count). The number of nitrogen functional groups attached to an aromatic ring is 1. The Balaban J connectivity index is 2.11. The van der Waals surface area contributed by atoms with Crippen molar-refractivity contribution in [1.29, 1.82) is 0 Å². The molecular formula is C10H11N3O3S. The van der Waals surface area contributed by atoms with Crippen LogP contribution < -0.4 is 10.5 Å². The van der Waals surface area contributed by atoms with Gasteiger partial charge in [0.15, 0.2) is 5.76 Å². The predicted octanol–water partition coefficient (Wildman–Crippen LogP) is 0.735. The van der Waals surface area contributed by atoms with E-state index in [1.54, 1.807) is 6.07 Å². The number of nitrogens with one attached hydrogen (secondary N) is 1. The van der Waals surface area contributed by atoms with Crippen molar-refractivity contribution in [3.05, 3.63) is 42.3 Å². The topological polar surface area (TPSA) is 98.2 Å². The number of benzene rings is 1. The zero-order valence-corrected chi connectivity index (χ0v) is 9.65. The summed E-state index contributed by atoms with van der Waals surface area (Å²) in [7, 11) is -3.55. The van der Waals surface area contributed by atoms with E-state index in [0.717, 1.165) is 0 Å². The molecule has 2 aromatic rings. The number of anilines is 1. The Morgan fingerprint density at radius 3 is 2.53 bits per heavy atom. The number of nitrogens with zero attached hydrogens (tertiary/aromatic N) is 1. The molecule has 0 bridgehead atoms. The minimum Gasteiger partial charge on any atom is -0.399 e. The highest BCUT2D eigenvalue weighted by atomic mass is 32.2. The second kappa shape index (κ2) is 4.56. The number of rotatable bonds is 4. The molecule has 0 saturated carbocycles. The van der Waals surface area contributed by atoms with Gasteiger partial charge in [-0.15, -0.1) is 0 Å². The maximum Gasteiger partial charge on any atom is 0.240 e. The van der Waals surface area contributed by atoms with Gasteiger partial charge < -0.3 is 10.3 Å². The first-order chi connectivity index (χ1) is 8.08. The molecule has 6 nitrogen and oxygen atoms in total. The van der Waals surface area contributed by atoms with Crippen LogP contribution >= 0.6 is 0 Å². The SMILES string of the molecule is Nc1ccc(S(=O)(=O)NCc2ccno2)cc1. The van der Waals surface area contributed by atoms with Crippen LogP contribution in [0.3, 0.4) is 0 Å². The molecule has 90 valence electrons. The minimum atomic E-state index is -3.55. The summed E-state index contributed by atoms with van der Waals surface area (Å²) in [6.45, 7) is 0.0622. The van der Waals surface area contributed by atoms with Gasteiger partial charge in [0.2, 0.25) is 10.0 Å². The van der Waals surface area contributed by atoms with Crippen molar-refractivity contribution in [2.45, 2.75) is 11.4 Å². The molecule has 7 heteroatoms. The Morgan fingerprint density at radius 2 is 1.94 bits per heavy atom. The van der Waals surface area contributed by atoms with Gasteiger partial charge in [-0.2, -0.15) is 0 Å². The first-order valence-corrected chi connectivity index (χ1v) is 6.31. The molecule has 1 heterocycles. The molecule has 0 aliphatic heterocycles. The lowest BCUT2D eigenvalue weighted by molar-refractivity contribution is 0.380. The highest BCUT2D eigenvalue weighted by Crippen LogP contribution is 2.11. The molecule has 0 spiro atoms. The van der Waals surface area contributed by atoms with Gasteiger partial charge in [0.1, 0.15) is 0 Å². The molecule has 0 saturated heterocycles. The average Bonchev–Trinajstić information content (AvgIpc) is 2.80. The third-order valence-corrected chi connectivity index (χ3v) is 3.54. The second-order valence-electron chi connectivity index (χ2n) is 3.37. The van der Waals surface area contributed by atoms with E-state index >= 15 is 0 Å². The van der Waals surface area contributed by atoms with Gasteiger partial charge in [-0.05, 0) is 24.3 Å². The lowest BCUT2D eigenvalue weighted by Crippen LogP contribution is -2.22. The van der Waals surface area contributed by atoms with E-state index in [4.69, 9.17) is 10.3 Å². The monoisotopic (exact) mass is 253 g/mol. The number of nitrogens with two attached hydrogens (primary N) is 1. The van der Waals surface area contributed by atoms with Crippen molar-refractivity contribution in [2.75, 3.05) is 5.73 Å². The van der Waals surface area contributed by atoms with E-state index < -0.39 is 10.0 Å². The fraction of sp³-hybridized carbons (Fsp3) is 0.100. The number of hydrogen-bond acceptors (Lipinski definition) is 5. The number of sulfonamides is 1. The van der Waals surface area contributed by atoms with E-state index in [1.807, 2.05) is 0 Å². The zero-order valence-electron chi connectivity index (χ0n) is 8.83. The molecule has 17 heavy (non-hydrogen) atoms. The molecule has 0 fully saturated rings. The van der Waals surface area contributed by atoms with Crippen molar-refractivity contribution >= 4 is 15.7 Å². The average molecular weight is 253 g/mol. The fourth-order valence-electron chi connectivity index (χ4n) is 1.23. The fourth-order valence-corrected chi connectivity index (χ4v) is 2.22. The lowest BCUT2D eigenvalue weighted by Gasteiger charge is -2.04. The third-order valence-electron chi connectivity index (χ3n) is 2.12. The summed E-state index contributed by atoms with van der Waals surface area (Å²) in [5.41, 5.74) is 6.00. The van der Waals surface area contributed by atoms with Crippen LogP contribution in [-0.2, 0) is 16.6 Å². The Morgan fingerprint density at radius 1 is 1.24 bits per heavy atom. The molecule has 0 radical (unpaired) electrons. The van der Waals surface area contributed by atoms with Crippen molar-refractivity contribution in [3.63, 3.8) is 0 Å². The van der Waals surface area contributed by atoms with Crippen LogP contribution in [0.1, 0.15) is 5.76 Å². The summed E-state index contributed by atoms with van der Waals surface area (Å²) in [5.74, 6) is 0.448. The minimum absolute atomic E-state index is 0.0622. The maximum absolute atomic E-state index is 11.8. The number of aromatic nitrogens is 1. The molecule has 1 aromatic heterocycles. The molecule has 0 aliphatic rings. The highest BCUT2D eigenvalue weighted by molar-refractivity contribution is 7.89. The van der Waals surface area contributed by atoms with Crippen LogP contribution in [0.2, 0.25) is 0 Å². The smallest absolute Gasteiger partial charge is 0.240 e. The first kappa shape index (κ1) is 11.6. The van der Waals surface area contributed by atoms with Crippen LogP contribution in [0.4, 0.5) is 5.69 Å². The van der Waals surface area contributed by atoms with E-state index in [1.165, 1.54) is 30.5 Å². The first-order valence-electron chi connectivity index (χ1n) is 4.83. The van der Waals surface area contributed by atoms with Gasteiger partial charge >= 0.3 is 0 Å². The predicted molar refractivity (Wildman–Crippen MR) is 61.4 cm³/mol. The van der Waals surface area contributed by atoms with Crippen LogP contribution in [0.25, 0.3) is 0 Å². The molecule has 0 atom stereocenters. The molecule has 0 aliphatic carbocycles. The molecular weight excluding hydrogens is 242 g/mol. The second-order valence-corrected chi connectivity index (χ2v) is 5.14. The molecule has 3 N–H and O–H groups in total. The molecule has 0 unspecified atom stereocenters.